The average molecular weight is 317 g/mol. The van der Waals surface area contributed by atoms with Crippen LogP contribution in [0.1, 0.15) is 61.9 Å². The highest BCUT2D eigenvalue weighted by Gasteiger charge is 2.35. The summed E-state index contributed by atoms with van der Waals surface area (Å²) in [6.07, 6.45) is 3.47. The number of nitrogens with zero attached hydrogens (tertiary/aromatic N) is 1. The predicted molar refractivity (Wildman–Crippen MR) is 90.1 cm³/mol. The minimum atomic E-state index is 0.112. The third-order valence-electron chi connectivity index (χ3n) is 4.87. The Morgan fingerprint density at radius 3 is 2.96 bits per heavy atom. The highest BCUT2D eigenvalue weighted by molar-refractivity contribution is 5.95. The Hall–Kier alpha value is -1.55. The normalized spacial score (nSPS) is 23.9. The van der Waals surface area contributed by atoms with E-state index in [0.29, 0.717) is 19.1 Å². The average Bonchev–Trinajstić information content (AvgIpc) is 2.89. The van der Waals surface area contributed by atoms with Gasteiger partial charge in [-0.1, -0.05) is 19.9 Å². The second kappa shape index (κ2) is 6.91. The van der Waals surface area contributed by atoms with Gasteiger partial charge >= 0.3 is 0 Å². The fraction of sp³-hybridized carbons (Fsp3) is 0.632. The first-order chi connectivity index (χ1) is 11.1. The summed E-state index contributed by atoms with van der Waals surface area (Å²) in [6, 6.07) is 6.12. The van der Waals surface area contributed by atoms with Crippen molar-refractivity contribution < 1.29 is 14.3 Å². The van der Waals surface area contributed by atoms with Crippen LogP contribution in [-0.2, 0) is 4.74 Å². The number of rotatable bonds is 4. The summed E-state index contributed by atoms with van der Waals surface area (Å²) in [7, 11) is 0. The van der Waals surface area contributed by atoms with Gasteiger partial charge in [-0.15, -0.1) is 0 Å². The van der Waals surface area contributed by atoms with Gasteiger partial charge in [0.05, 0.1) is 25.4 Å². The van der Waals surface area contributed by atoms with Gasteiger partial charge in [0.25, 0.3) is 5.91 Å². The summed E-state index contributed by atoms with van der Waals surface area (Å²) in [6.45, 7) is 8.27. The fourth-order valence-electron chi connectivity index (χ4n) is 3.59. The lowest BCUT2D eigenvalue weighted by Gasteiger charge is -2.36. The summed E-state index contributed by atoms with van der Waals surface area (Å²) >= 11 is 0. The monoisotopic (exact) mass is 317 g/mol. The molecule has 1 amide bonds. The molecule has 3 fully saturated rings. The molecule has 0 aliphatic carbocycles. The molecule has 1 aromatic rings. The molecule has 126 valence electrons. The molecule has 3 aliphatic heterocycles. The molecule has 4 heteroatoms. The topological polar surface area (TPSA) is 38.8 Å². The van der Waals surface area contributed by atoms with E-state index in [9.17, 15) is 4.79 Å². The summed E-state index contributed by atoms with van der Waals surface area (Å²) in [5.41, 5.74) is 1.88. The van der Waals surface area contributed by atoms with Crippen molar-refractivity contribution in [3.05, 3.63) is 29.3 Å². The molecule has 1 aromatic carbocycles. The molecule has 0 aromatic heterocycles. The smallest absolute Gasteiger partial charge is 0.254 e. The molecule has 3 saturated heterocycles. The molecule has 4 rings (SSSR count). The Balaban J connectivity index is 1.85. The van der Waals surface area contributed by atoms with Crippen molar-refractivity contribution in [1.29, 1.82) is 0 Å². The van der Waals surface area contributed by atoms with Gasteiger partial charge in [0.1, 0.15) is 5.75 Å². The summed E-state index contributed by atoms with van der Waals surface area (Å²) in [5, 5.41) is 0. The molecule has 4 nitrogen and oxygen atoms in total. The van der Waals surface area contributed by atoms with Crippen LogP contribution in [0.5, 0.6) is 5.75 Å². The first kappa shape index (κ1) is 16.3. The van der Waals surface area contributed by atoms with Crippen LogP contribution < -0.4 is 4.74 Å². The van der Waals surface area contributed by atoms with Crippen LogP contribution in [0.2, 0.25) is 0 Å². The van der Waals surface area contributed by atoms with Crippen molar-refractivity contribution in [2.24, 2.45) is 0 Å². The Morgan fingerprint density at radius 1 is 1.39 bits per heavy atom. The zero-order valence-electron chi connectivity index (χ0n) is 14.4. The van der Waals surface area contributed by atoms with Crippen molar-refractivity contribution in [3.8, 4) is 5.75 Å². The van der Waals surface area contributed by atoms with Gasteiger partial charge in [0.2, 0.25) is 0 Å². The highest BCUT2D eigenvalue weighted by Crippen LogP contribution is 2.30. The van der Waals surface area contributed by atoms with E-state index in [2.05, 4.69) is 13.8 Å². The van der Waals surface area contributed by atoms with Crippen molar-refractivity contribution in [3.63, 3.8) is 0 Å². The number of morpholine rings is 1. The summed E-state index contributed by atoms with van der Waals surface area (Å²) in [4.78, 5) is 15.0. The van der Waals surface area contributed by atoms with E-state index in [1.165, 1.54) is 0 Å². The van der Waals surface area contributed by atoms with Gasteiger partial charge in [-0.25, -0.2) is 0 Å². The Labute approximate surface area is 138 Å². The van der Waals surface area contributed by atoms with Crippen LogP contribution in [0, 0.1) is 0 Å². The number of hydrogen-bond donors (Lipinski definition) is 0. The molecule has 2 unspecified atom stereocenters. The van der Waals surface area contributed by atoms with Crippen LogP contribution in [0.15, 0.2) is 18.2 Å². The molecule has 23 heavy (non-hydrogen) atoms. The van der Waals surface area contributed by atoms with E-state index in [4.69, 9.17) is 9.47 Å². The Kier molecular flexibility index (Phi) is 4.90. The number of fused-ring (bicyclic) bond motifs is 4. The zero-order chi connectivity index (χ0) is 16.4. The molecule has 3 heterocycles. The van der Waals surface area contributed by atoms with Crippen molar-refractivity contribution in [1.82, 2.24) is 4.90 Å². The van der Waals surface area contributed by atoms with Crippen LogP contribution in [0.25, 0.3) is 0 Å². The number of benzene rings is 1. The van der Waals surface area contributed by atoms with E-state index in [-0.39, 0.29) is 18.1 Å². The maximum absolute atomic E-state index is 13.0. The molecule has 2 bridgehead atoms. The van der Waals surface area contributed by atoms with Crippen molar-refractivity contribution in [2.75, 3.05) is 19.8 Å². The van der Waals surface area contributed by atoms with Gasteiger partial charge < -0.3 is 14.4 Å². The number of ether oxygens (including phenoxy) is 2. The number of amides is 1. The molecule has 0 N–H and O–H groups in total. The lowest BCUT2D eigenvalue weighted by Crippen LogP contribution is -2.50. The van der Waals surface area contributed by atoms with E-state index in [0.717, 1.165) is 42.7 Å². The van der Waals surface area contributed by atoms with E-state index in [1.807, 2.05) is 30.0 Å². The second-order valence-electron chi connectivity index (χ2n) is 6.84. The first-order valence-electron chi connectivity index (χ1n) is 8.79. The van der Waals surface area contributed by atoms with Crippen molar-refractivity contribution in [2.45, 2.75) is 58.1 Å². The number of carbonyl (C=O) groups excluding carboxylic acids is 1. The van der Waals surface area contributed by atoms with Crippen LogP contribution in [0.3, 0.4) is 0 Å². The SMILES string of the molecule is CCOc1cc(C(=O)N2CC3CCCC2CO3)ccc1C(C)C. The predicted octanol–water partition coefficient (Wildman–Crippen LogP) is 3.60. The Bertz CT molecular complexity index is 566. The quantitative estimate of drug-likeness (QED) is 0.851. The second-order valence-corrected chi connectivity index (χ2v) is 6.84. The van der Waals surface area contributed by atoms with Gasteiger partial charge in [-0.3, -0.25) is 4.79 Å². The first-order valence-corrected chi connectivity index (χ1v) is 8.79. The number of hydrogen-bond acceptors (Lipinski definition) is 3. The molecular formula is C19H27NO3. The Morgan fingerprint density at radius 2 is 2.22 bits per heavy atom. The van der Waals surface area contributed by atoms with Gasteiger partial charge in [-0.2, -0.15) is 0 Å². The molecule has 3 aliphatic rings. The van der Waals surface area contributed by atoms with Crippen molar-refractivity contribution >= 4 is 5.91 Å². The lowest BCUT2D eigenvalue weighted by atomic mass is 9.99. The maximum Gasteiger partial charge on any atom is 0.254 e. The molecule has 0 spiro atoms. The largest absolute Gasteiger partial charge is 0.494 e. The minimum absolute atomic E-state index is 0.112. The van der Waals surface area contributed by atoms with Gasteiger partial charge in [-0.05, 0) is 49.8 Å². The zero-order valence-corrected chi connectivity index (χ0v) is 14.4. The molecule has 0 saturated carbocycles. The summed E-state index contributed by atoms with van der Waals surface area (Å²) in [5.74, 6) is 1.33. The third kappa shape index (κ3) is 3.37. The molecule has 0 radical (unpaired) electrons. The molecule has 2 atom stereocenters. The number of carbonyl (C=O) groups is 1. The fourth-order valence-corrected chi connectivity index (χ4v) is 3.59. The van der Waals surface area contributed by atoms with Crippen LogP contribution in [0.4, 0.5) is 0 Å². The summed E-state index contributed by atoms with van der Waals surface area (Å²) < 4.78 is 11.6. The van der Waals surface area contributed by atoms with Gasteiger partial charge in [0, 0.05) is 12.1 Å². The van der Waals surface area contributed by atoms with Crippen LogP contribution >= 0.6 is 0 Å². The van der Waals surface area contributed by atoms with E-state index >= 15 is 0 Å². The van der Waals surface area contributed by atoms with E-state index in [1.54, 1.807) is 0 Å². The standard InChI is InChI=1S/C19H27NO3/c1-4-22-18-10-14(8-9-17(18)13(2)3)19(21)20-11-16-7-5-6-15(20)12-23-16/h8-10,13,15-16H,4-7,11-12H2,1-3H3. The third-order valence-corrected chi connectivity index (χ3v) is 4.87. The van der Waals surface area contributed by atoms with E-state index < -0.39 is 0 Å². The maximum atomic E-state index is 13.0. The highest BCUT2D eigenvalue weighted by atomic mass is 16.5. The molecular weight excluding hydrogens is 290 g/mol. The van der Waals surface area contributed by atoms with Gasteiger partial charge in [0.15, 0.2) is 0 Å². The minimum Gasteiger partial charge on any atom is -0.494 e. The lowest BCUT2D eigenvalue weighted by molar-refractivity contribution is -0.0393. The van der Waals surface area contributed by atoms with Crippen LogP contribution in [-0.4, -0.2) is 42.7 Å².